The average molecular weight is 432 g/mol. The third kappa shape index (κ3) is 7.40. The summed E-state index contributed by atoms with van der Waals surface area (Å²) in [6.45, 7) is 5.65. The van der Waals surface area contributed by atoms with Gasteiger partial charge in [-0.25, -0.2) is 4.79 Å². The van der Waals surface area contributed by atoms with E-state index in [1.165, 1.54) is 0 Å². The quantitative estimate of drug-likeness (QED) is 0.391. The molecule has 0 fully saturated rings. The van der Waals surface area contributed by atoms with Gasteiger partial charge in [0.1, 0.15) is 12.1 Å². The van der Waals surface area contributed by atoms with Crippen LogP contribution < -0.4 is 16.0 Å². The monoisotopic (exact) mass is 432 g/mol. The molecule has 5 amide bonds. The summed E-state index contributed by atoms with van der Waals surface area (Å²) in [4.78, 5) is 60.7. The fraction of sp³-hybridized carbons (Fsp3) is 0.476. The predicted molar refractivity (Wildman–Crippen MR) is 111 cm³/mol. The number of nitrogens with one attached hydrogen (secondary N) is 3. The molecular formula is C21H28N4O6. The Balaban J connectivity index is 1.57. The van der Waals surface area contributed by atoms with E-state index in [2.05, 4.69) is 16.0 Å². The Bertz CT molecular complexity index is 827. The second-order valence-electron chi connectivity index (χ2n) is 7.97. The zero-order valence-corrected chi connectivity index (χ0v) is 17.9. The van der Waals surface area contributed by atoms with Gasteiger partial charge in [0.05, 0.1) is 11.1 Å². The lowest BCUT2D eigenvalue weighted by Crippen LogP contribution is -2.41. The molecule has 1 heterocycles. The van der Waals surface area contributed by atoms with E-state index in [0.29, 0.717) is 24.1 Å². The Kier molecular flexibility index (Phi) is 8.12. The number of imide groups is 1. The number of nitrogens with zero attached hydrogens (tertiary/aromatic N) is 1. The molecule has 3 N–H and O–H groups in total. The van der Waals surface area contributed by atoms with Crippen LogP contribution in [0.15, 0.2) is 24.3 Å². The topological polar surface area (TPSA) is 134 Å². The minimum Gasteiger partial charge on any atom is -0.444 e. The van der Waals surface area contributed by atoms with Crippen LogP contribution in [0, 0.1) is 0 Å². The Hall–Kier alpha value is -3.43. The molecule has 0 bridgehead atoms. The van der Waals surface area contributed by atoms with E-state index in [1.54, 1.807) is 45.0 Å². The van der Waals surface area contributed by atoms with Gasteiger partial charge in [0.15, 0.2) is 0 Å². The largest absolute Gasteiger partial charge is 0.444 e. The zero-order chi connectivity index (χ0) is 23.0. The number of rotatable bonds is 9. The molecule has 10 nitrogen and oxygen atoms in total. The molecule has 1 aliphatic rings. The summed E-state index contributed by atoms with van der Waals surface area (Å²) >= 11 is 0. The molecule has 1 aliphatic heterocycles. The molecule has 2 rings (SSSR count). The second kappa shape index (κ2) is 10.6. The average Bonchev–Trinajstić information content (AvgIpc) is 2.91. The van der Waals surface area contributed by atoms with Gasteiger partial charge in [-0.1, -0.05) is 12.1 Å². The van der Waals surface area contributed by atoms with Crippen LogP contribution in [0.25, 0.3) is 0 Å². The number of fused-ring (bicyclic) bond motifs is 1. The van der Waals surface area contributed by atoms with Crippen molar-refractivity contribution < 1.29 is 28.7 Å². The van der Waals surface area contributed by atoms with Crippen molar-refractivity contribution in [1.82, 2.24) is 20.9 Å². The van der Waals surface area contributed by atoms with E-state index in [4.69, 9.17) is 4.74 Å². The van der Waals surface area contributed by atoms with Crippen molar-refractivity contribution in [2.45, 2.75) is 39.2 Å². The van der Waals surface area contributed by atoms with Gasteiger partial charge in [-0.05, 0) is 39.3 Å². The van der Waals surface area contributed by atoms with Crippen molar-refractivity contribution in [3.63, 3.8) is 0 Å². The smallest absolute Gasteiger partial charge is 0.407 e. The van der Waals surface area contributed by atoms with Crippen molar-refractivity contribution in [3.05, 3.63) is 35.4 Å². The molecule has 0 aromatic heterocycles. The lowest BCUT2D eigenvalue weighted by molar-refractivity contribution is -0.121. The predicted octanol–water partition coefficient (Wildman–Crippen LogP) is 0.820. The van der Waals surface area contributed by atoms with Crippen LogP contribution in [0.3, 0.4) is 0 Å². The van der Waals surface area contributed by atoms with Gasteiger partial charge in [0.2, 0.25) is 11.8 Å². The summed E-state index contributed by atoms with van der Waals surface area (Å²) in [6, 6.07) is 6.43. The first-order valence-electron chi connectivity index (χ1n) is 10.0. The van der Waals surface area contributed by atoms with Gasteiger partial charge in [0, 0.05) is 26.1 Å². The fourth-order valence-electron chi connectivity index (χ4n) is 2.81. The van der Waals surface area contributed by atoms with Gasteiger partial charge in [0.25, 0.3) is 11.8 Å². The van der Waals surface area contributed by atoms with E-state index >= 15 is 0 Å². The maximum absolute atomic E-state index is 12.2. The summed E-state index contributed by atoms with van der Waals surface area (Å²) < 4.78 is 5.07. The molecular weight excluding hydrogens is 404 g/mol. The van der Waals surface area contributed by atoms with Crippen LogP contribution in [0.1, 0.15) is 54.3 Å². The highest BCUT2D eigenvalue weighted by molar-refractivity contribution is 6.22. The fourth-order valence-corrected chi connectivity index (χ4v) is 2.81. The first-order chi connectivity index (χ1) is 14.6. The number of hydrogen-bond donors (Lipinski definition) is 3. The Morgan fingerprint density at radius 3 is 1.97 bits per heavy atom. The minimum atomic E-state index is -0.601. The third-order valence-corrected chi connectivity index (χ3v) is 4.20. The number of alkyl carbamates (subject to hydrolysis) is 1. The maximum atomic E-state index is 12.2. The number of carbonyl (C=O) groups is 5. The number of benzene rings is 1. The molecule has 168 valence electrons. The summed E-state index contributed by atoms with van der Waals surface area (Å²) in [5.74, 6) is -1.66. The highest BCUT2D eigenvalue weighted by Crippen LogP contribution is 2.21. The van der Waals surface area contributed by atoms with E-state index in [-0.39, 0.29) is 32.0 Å². The number of hydrogen-bond acceptors (Lipinski definition) is 6. The van der Waals surface area contributed by atoms with Gasteiger partial charge in [-0.3, -0.25) is 24.1 Å². The van der Waals surface area contributed by atoms with Crippen LogP contribution >= 0.6 is 0 Å². The number of amides is 5. The van der Waals surface area contributed by atoms with Crippen LogP contribution in [-0.4, -0.2) is 66.4 Å². The van der Waals surface area contributed by atoms with Gasteiger partial charge < -0.3 is 20.7 Å². The standard InChI is InChI=1S/C21H28N4O6/c1-21(2,3)31-20(30)24-12-9-16(26)22-10-6-11-23-17(27)13-25-18(28)14-7-4-5-8-15(14)19(25)29/h4-5,7-8H,6,9-13H2,1-3H3,(H,22,26)(H,23,27)(H,24,30). The Morgan fingerprint density at radius 2 is 1.42 bits per heavy atom. The summed E-state index contributed by atoms with van der Waals surface area (Å²) in [5.41, 5.74) is -0.0100. The first-order valence-corrected chi connectivity index (χ1v) is 10.0. The molecule has 0 radical (unpaired) electrons. The number of carbonyl (C=O) groups excluding carboxylic acids is 5. The van der Waals surface area contributed by atoms with Crippen molar-refractivity contribution in [3.8, 4) is 0 Å². The molecule has 0 saturated carbocycles. The maximum Gasteiger partial charge on any atom is 0.407 e. The van der Waals surface area contributed by atoms with Crippen LogP contribution in [0.5, 0.6) is 0 Å². The lowest BCUT2D eigenvalue weighted by Gasteiger charge is -2.19. The van der Waals surface area contributed by atoms with E-state index < -0.39 is 29.4 Å². The summed E-state index contributed by atoms with van der Waals surface area (Å²) in [6.07, 6.45) is -0.00849. The van der Waals surface area contributed by atoms with Crippen LogP contribution in [0.4, 0.5) is 4.79 Å². The Labute approximate surface area is 180 Å². The lowest BCUT2D eigenvalue weighted by atomic mass is 10.1. The summed E-state index contributed by atoms with van der Waals surface area (Å²) in [5, 5.41) is 7.79. The molecule has 0 aliphatic carbocycles. The third-order valence-electron chi connectivity index (χ3n) is 4.20. The second-order valence-corrected chi connectivity index (χ2v) is 7.97. The SMILES string of the molecule is CC(C)(C)OC(=O)NCCC(=O)NCCCNC(=O)CN1C(=O)c2ccccc2C1=O. The van der Waals surface area contributed by atoms with Gasteiger partial charge in [-0.2, -0.15) is 0 Å². The van der Waals surface area contributed by atoms with E-state index in [1.807, 2.05) is 0 Å². The highest BCUT2D eigenvalue weighted by Gasteiger charge is 2.36. The molecule has 0 saturated heterocycles. The van der Waals surface area contributed by atoms with Crippen molar-refractivity contribution in [1.29, 1.82) is 0 Å². The van der Waals surface area contributed by atoms with Crippen molar-refractivity contribution >= 4 is 29.7 Å². The van der Waals surface area contributed by atoms with E-state index in [0.717, 1.165) is 4.90 Å². The zero-order valence-electron chi connectivity index (χ0n) is 17.9. The molecule has 0 atom stereocenters. The highest BCUT2D eigenvalue weighted by atomic mass is 16.6. The molecule has 1 aromatic carbocycles. The molecule has 1 aromatic rings. The molecule has 0 unspecified atom stereocenters. The van der Waals surface area contributed by atoms with Crippen LogP contribution in [0.2, 0.25) is 0 Å². The summed E-state index contributed by atoms with van der Waals surface area (Å²) in [7, 11) is 0. The molecule has 10 heteroatoms. The van der Waals surface area contributed by atoms with E-state index in [9.17, 15) is 24.0 Å². The molecule has 0 spiro atoms. The normalized spacial score (nSPS) is 12.9. The van der Waals surface area contributed by atoms with Crippen molar-refractivity contribution in [2.75, 3.05) is 26.2 Å². The first kappa shape index (κ1) is 23.8. The minimum absolute atomic E-state index is 0.103. The van der Waals surface area contributed by atoms with Gasteiger partial charge in [-0.15, -0.1) is 0 Å². The van der Waals surface area contributed by atoms with Crippen LogP contribution in [-0.2, 0) is 14.3 Å². The van der Waals surface area contributed by atoms with Crippen molar-refractivity contribution in [2.24, 2.45) is 0 Å². The molecule has 31 heavy (non-hydrogen) atoms. The Morgan fingerprint density at radius 1 is 0.871 bits per heavy atom. The number of ether oxygens (including phenoxy) is 1. The van der Waals surface area contributed by atoms with Gasteiger partial charge >= 0.3 is 6.09 Å².